The van der Waals surface area contributed by atoms with E-state index in [0.29, 0.717) is 6.10 Å². The Balaban J connectivity index is 1.81. The summed E-state index contributed by atoms with van der Waals surface area (Å²) in [5.41, 5.74) is 1.27. The highest BCUT2D eigenvalue weighted by Crippen LogP contribution is 2.27. The molecule has 1 N–H and O–H groups in total. The molecule has 1 fully saturated rings. The molecule has 0 radical (unpaired) electrons. The fraction of sp³-hybridized carbons (Fsp3) is 0.647. The van der Waals surface area contributed by atoms with Crippen molar-refractivity contribution < 1.29 is 9.84 Å². The minimum atomic E-state index is -0.222. The van der Waals surface area contributed by atoms with Gasteiger partial charge in [0, 0.05) is 0 Å². The summed E-state index contributed by atoms with van der Waals surface area (Å²) in [6.45, 7) is 4.16. The smallest absolute Gasteiger partial charge is 0.119 e. The van der Waals surface area contributed by atoms with Crippen LogP contribution in [0.25, 0.3) is 0 Å². The van der Waals surface area contributed by atoms with E-state index in [1.165, 1.54) is 31.2 Å². The zero-order chi connectivity index (χ0) is 13.7. The molecular weight excluding hydrogens is 236 g/mol. The van der Waals surface area contributed by atoms with Crippen LogP contribution in [0.3, 0.4) is 0 Å². The molecule has 2 rings (SSSR count). The van der Waals surface area contributed by atoms with Crippen LogP contribution in [-0.2, 0) is 6.42 Å². The lowest BCUT2D eigenvalue weighted by Crippen LogP contribution is -2.22. The monoisotopic (exact) mass is 262 g/mol. The maximum Gasteiger partial charge on any atom is 0.119 e. The van der Waals surface area contributed by atoms with Crippen molar-refractivity contribution in [1.29, 1.82) is 0 Å². The molecule has 0 heterocycles. The Hall–Kier alpha value is -1.02. The van der Waals surface area contributed by atoms with E-state index in [1.807, 2.05) is 6.92 Å². The van der Waals surface area contributed by atoms with E-state index in [4.69, 9.17) is 4.74 Å². The molecule has 1 aromatic carbocycles. The zero-order valence-corrected chi connectivity index (χ0v) is 12.1. The number of rotatable bonds is 5. The lowest BCUT2D eigenvalue weighted by Gasteiger charge is -2.26. The van der Waals surface area contributed by atoms with Crippen LogP contribution in [-0.4, -0.2) is 17.3 Å². The molecule has 106 valence electrons. The fourth-order valence-electron chi connectivity index (χ4n) is 2.65. The number of aliphatic hydroxyl groups is 1. The van der Waals surface area contributed by atoms with Crippen LogP contribution in [0.1, 0.15) is 51.5 Å². The second-order valence-corrected chi connectivity index (χ2v) is 6.03. The molecule has 2 heteroatoms. The highest BCUT2D eigenvalue weighted by molar-refractivity contribution is 5.27. The number of aliphatic hydroxyl groups excluding tert-OH is 1. The summed E-state index contributed by atoms with van der Waals surface area (Å²) >= 11 is 0. The van der Waals surface area contributed by atoms with Crippen LogP contribution < -0.4 is 4.74 Å². The van der Waals surface area contributed by atoms with Gasteiger partial charge in [0.1, 0.15) is 5.75 Å². The SMILES string of the molecule is CC(O)CCc1ccc(OC2CCC(C)CC2)cc1. The summed E-state index contributed by atoms with van der Waals surface area (Å²) in [6, 6.07) is 8.36. The Kier molecular flexibility index (Phi) is 5.26. The van der Waals surface area contributed by atoms with Gasteiger partial charge in [0.15, 0.2) is 0 Å². The molecule has 0 spiro atoms. The van der Waals surface area contributed by atoms with Gasteiger partial charge in [-0.15, -0.1) is 0 Å². The quantitative estimate of drug-likeness (QED) is 0.870. The van der Waals surface area contributed by atoms with Crippen LogP contribution in [0.15, 0.2) is 24.3 Å². The van der Waals surface area contributed by atoms with E-state index in [2.05, 4.69) is 31.2 Å². The first-order valence-electron chi connectivity index (χ1n) is 7.57. The normalized spacial score (nSPS) is 25.0. The first-order chi connectivity index (χ1) is 9.13. The van der Waals surface area contributed by atoms with Gasteiger partial charge >= 0.3 is 0 Å². The van der Waals surface area contributed by atoms with Gasteiger partial charge in [-0.1, -0.05) is 19.1 Å². The number of benzene rings is 1. The largest absolute Gasteiger partial charge is 0.490 e. The molecule has 1 unspecified atom stereocenters. The molecule has 1 atom stereocenters. The third-order valence-electron chi connectivity index (χ3n) is 4.04. The van der Waals surface area contributed by atoms with Gasteiger partial charge in [0.25, 0.3) is 0 Å². The first kappa shape index (κ1) is 14.4. The Morgan fingerprint density at radius 2 is 1.79 bits per heavy atom. The molecule has 1 aliphatic rings. The summed E-state index contributed by atoms with van der Waals surface area (Å²) in [5.74, 6) is 1.85. The van der Waals surface area contributed by atoms with Gasteiger partial charge in [-0.25, -0.2) is 0 Å². The maximum absolute atomic E-state index is 9.28. The van der Waals surface area contributed by atoms with Gasteiger partial charge in [-0.05, 0) is 69.1 Å². The minimum Gasteiger partial charge on any atom is -0.490 e. The van der Waals surface area contributed by atoms with Crippen molar-refractivity contribution in [1.82, 2.24) is 0 Å². The first-order valence-corrected chi connectivity index (χ1v) is 7.57. The van der Waals surface area contributed by atoms with E-state index in [0.717, 1.165) is 24.5 Å². The van der Waals surface area contributed by atoms with Gasteiger partial charge in [0.2, 0.25) is 0 Å². The van der Waals surface area contributed by atoms with Crippen LogP contribution >= 0.6 is 0 Å². The van der Waals surface area contributed by atoms with Crippen molar-refractivity contribution in [2.75, 3.05) is 0 Å². The lowest BCUT2D eigenvalue weighted by molar-refractivity contribution is 0.135. The predicted molar refractivity (Wildman–Crippen MR) is 78.5 cm³/mol. The minimum absolute atomic E-state index is 0.222. The molecule has 2 nitrogen and oxygen atoms in total. The second-order valence-electron chi connectivity index (χ2n) is 6.03. The lowest BCUT2D eigenvalue weighted by atomic mass is 9.89. The highest BCUT2D eigenvalue weighted by Gasteiger charge is 2.19. The topological polar surface area (TPSA) is 29.5 Å². The molecule has 1 aromatic rings. The number of hydrogen-bond acceptors (Lipinski definition) is 2. The Bertz CT molecular complexity index is 361. The Morgan fingerprint density at radius 1 is 1.16 bits per heavy atom. The van der Waals surface area contributed by atoms with Crippen molar-refractivity contribution in [2.45, 2.75) is 64.6 Å². The fourth-order valence-corrected chi connectivity index (χ4v) is 2.65. The summed E-state index contributed by atoms with van der Waals surface area (Å²) in [4.78, 5) is 0. The Labute approximate surface area is 116 Å². The van der Waals surface area contributed by atoms with Gasteiger partial charge in [-0.3, -0.25) is 0 Å². The molecule has 19 heavy (non-hydrogen) atoms. The number of ether oxygens (including phenoxy) is 1. The Morgan fingerprint density at radius 3 is 2.37 bits per heavy atom. The van der Waals surface area contributed by atoms with Crippen molar-refractivity contribution in [2.24, 2.45) is 5.92 Å². The molecule has 0 saturated heterocycles. The van der Waals surface area contributed by atoms with E-state index in [1.54, 1.807) is 0 Å². The molecule has 1 saturated carbocycles. The molecular formula is C17H26O2. The molecule has 0 amide bonds. The number of hydrogen-bond donors (Lipinski definition) is 1. The third kappa shape index (κ3) is 4.87. The summed E-state index contributed by atoms with van der Waals surface area (Å²) < 4.78 is 6.03. The van der Waals surface area contributed by atoms with Crippen LogP contribution in [0.2, 0.25) is 0 Å². The summed E-state index contributed by atoms with van der Waals surface area (Å²) in [7, 11) is 0. The summed E-state index contributed by atoms with van der Waals surface area (Å²) in [5, 5.41) is 9.28. The highest BCUT2D eigenvalue weighted by atomic mass is 16.5. The number of aryl methyl sites for hydroxylation is 1. The van der Waals surface area contributed by atoms with E-state index >= 15 is 0 Å². The van der Waals surface area contributed by atoms with Crippen molar-refractivity contribution in [3.63, 3.8) is 0 Å². The summed E-state index contributed by atoms with van der Waals surface area (Å²) in [6.07, 6.45) is 6.88. The van der Waals surface area contributed by atoms with Crippen molar-refractivity contribution in [3.8, 4) is 5.75 Å². The molecule has 1 aliphatic carbocycles. The van der Waals surface area contributed by atoms with Crippen molar-refractivity contribution >= 4 is 0 Å². The maximum atomic E-state index is 9.28. The van der Waals surface area contributed by atoms with Crippen LogP contribution in [0, 0.1) is 5.92 Å². The van der Waals surface area contributed by atoms with Crippen LogP contribution in [0.4, 0.5) is 0 Å². The van der Waals surface area contributed by atoms with E-state index < -0.39 is 0 Å². The standard InChI is InChI=1S/C17H26O2/c1-13-3-9-16(10-4-13)19-17-11-7-15(8-12-17)6-5-14(2)18/h7-8,11-14,16,18H,3-6,9-10H2,1-2H3. The average Bonchev–Trinajstić information content (AvgIpc) is 2.40. The van der Waals surface area contributed by atoms with Gasteiger partial charge in [0.05, 0.1) is 12.2 Å². The average molecular weight is 262 g/mol. The van der Waals surface area contributed by atoms with E-state index in [9.17, 15) is 5.11 Å². The van der Waals surface area contributed by atoms with Gasteiger partial charge in [-0.2, -0.15) is 0 Å². The van der Waals surface area contributed by atoms with E-state index in [-0.39, 0.29) is 6.10 Å². The molecule has 0 aromatic heterocycles. The van der Waals surface area contributed by atoms with Crippen LogP contribution in [0.5, 0.6) is 5.75 Å². The second kappa shape index (κ2) is 6.95. The van der Waals surface area contributed by atoms with Crippen molar-refractivity contribution in [3.05, 3.63) is 29.8 Å². The molecule has 0 aliphatic heterocycles. The molecule has 0 bridgehead atoms. The van der Waals surface area contributed by atoms with Gasteiger partial charge < -0.3 is 9.84 Å². The predicted octanol–water partition coefficient (Wildman–Crippen LogP) is 3.96. The zero-order valence-electron chi connectivity index (χ0n) is 12.1. The third-order valence-corrected chi connectivity index (χ3v) is 4.04.